The quantitative estimate of drug-likeness (QED) is 0.872. The molecule has 114 valence electrons. The van der Waals surface area contributed by atoms with Crippen LogP contribution in [0, 0.1) is 6.92 Å². The molecule has 8 heteroatoms. The molecule has 6 nitrogen and oxygen atoms in total. The van der Waals surface area contributed by atoms with Crippen molar-refractivity contribution in [3.63, 3.8) is 0 Å². The average molecular weight is 333 g/mol. The summed E-state index contributed by atoms with van der Waals surface area (Å²) in [5, 5.41) is 12.4. The van der Waals surface area contributed by atoms with Crippen molar-refractivity contribution in [2.24, 2.45) is 0 Å². The standard InChI is InChI=1S/C13H14Cl2N2O4/c1-7-4-9(15)10(5-8(7)14)16-13(20)17-2-3-21-11(6-17)12(18)19/h4-5,11H,2-3,6H2,1H3,(H,16,20)(H,18,19). The molecule has 1 aliphatic rings. The number of anilines is 1. The molecule has 0 spiro atoms. The van der Waals surface area contributed by atoms with E-state index in [1.54, 1.807) is 19.1 Å². The third-order valence-electron chi connectivity index (χ3n) is 3.12. The SMILES string of the molecule is Cc1cc(Cl)c(NC(=O)N2CCOC(C(=O)O)C2)cc1Cl. The summed E-state index contributed by atoms with van der Waals surface area (Å²) in [4.78, 5) is 24.4. The molecule has 0 aliphatic carbocycles. The Hall–Kier alpha value is -1.50. The van der Waals surface area contributed by atoms with Crippen LogP contribution in [0.2, 0.25) is 10.0 Å². The van der Waals surface area contributed by atoms with Crippen molar-refractivity contribution in [1.82, 2.24) is 4.90 Å². The number of morpholine rings is 1. The number of urea groups is 1. The summed E-state index contributed by atoms with van der Waals surface area (Å²) in [5.41, 5.74) is 1.19. The van der Waals surface area contributed by atoms with Crippen LogP contribution < -0.4 is 5.32 Å². The number of carboxylic acid groups (broad SMARTS) is 1. The van der Waals surface area contributed by atoms with Crippen molar-refractivity contribution in [1.29, 1.82) is 0 Å². The fourth-order valence-electron chi connectivity index (χ4n) is 1.92. The summed E-state index contributed by atoms with van der Waals surface area (Å²) in [5.74, 6) is -1.09. The van der Waals surface area contributed by atoms with Crippen LogP contribution in [0.4, 0.5) is 10.5 Å². The maximum atomic E-state index is 12.1. The number of rotatable bonds is 2. The highest BCUT2D eigenvalue weighted by Gasteiger charge is 2.29. The van der Waals surface area contributed by atoms with Crippen molar-refractivity contribution in [3.8, 4) is 0 Å². The molecule has 1 fully saturated rings. The number of benzene rings is 1. The van der Waals surface area contributed by atoms with Gasteiger partial charge >= 0.3 is 12.0 Å². The Morgan fingerprint density at radius 2 is 2.10 bits per heavy atom. The lowest BCUT2D eigenvalue weighted by Gasteiger charge is -2.31. The largest absolute Gasteiger partial charge is 0.479 e. The molecular formula is C13H14Cl2N2O4. The zero-order valence-corrected chi connectivity index (χ0v) is 12.7. The average Bonchev–Trinajstić information content (AvgIpc) is 2.44. The van der Waals surface area contributed by atoms with Crippen LogP contribution in [0.3, 0.4) is 0 Å². The maximum Gasteiger partial charge on any atom is 0.334 e. The molecule has 1 unspecified atom stereocenters. The van der Waals surface area contributed by atoms with E-state index < -0.39 is 18.1 Å². The van der Waals surface area contributed by atoms with Gasteiger partial charge in [0.05, 0.1) is 23.9 Å². The van der Waals surface area contributed by atoms with Crippen LogP contribution in [0.1, 0.15) is 5.56 Å². The molecule has 1 heterocycles. The number of nitrogens with one attached hydrogen (secondary N) is 1. The molecular weight excluding hydrogens is 319 g/mol. The Morgan fingerprint density at radius 3 is 2.76 bits per heavy atom. The van der Waals surface area contributed by atoms with E-state index in [-0.39, 0.29) is 13.2 Å². The number of amides is 2. The van der Waals surface area contributed by atoms with Crippen LogP contribution in [-0.2, 0) is 9.53 Å². The van der Waals surface area contributed by atoms with Gasteiger partial charge in [-0.1, -0.05) is 23.2 Å². The van der Waals surface area contributed by atoms with E-state index in [1.165, 1.54) is 4.90 Å². The van der Waals surface area contributed by atoms with Crippen molar-refractivity contribution in [2.75, 3.05) is 25.0 Å². The van der Waals surface area contributed by atoms with Crippen LogP contribution in [-0.4, -0.2) is 47.8 Å². The highest BCUT2D eigenvalue weighted by molar-refractivity contribution is 6.36. The van der Waals surface area contributed by atoms with Crippen LogP contribution in [0.5, 0.6) is 0 Å². The molecule has 0 saturated carbocycles. The Balaban J connectivity index is 2.07. The van der Waals surface area contributed by atoms with Crippen molar-refractivity contribution < 1.29 is 19.4 Å². The van der Waals surface area contributed by atoms with Crippen molar-refractivity contribution in [3.05, 3.63) is 27.7 Å². The fraction of sp³-hybridized carbons (Fsp3) is 0.385. The molecule has 21 heavy (non-hydrogen) atoms. The number of hydrogen-bond donors (Lipinski definition) is 2. The first-order valence-corrected chi connectivity index (χ1v) is 7.00. The number of carbonyl (C=O) groups excluding carboxylic acids is 1. The summed E-state index contributed by atoms with van der Waals surface area (Å²) >= 11 is 12.1. The van der Waals surface area contributed by atoms with Gasteiger partial charge in [-0.2, -0.15) is 0 Å². The molecule has 2 N–H and O–H groups in total. The Bertz CT molecular complexity index is 580. The number of nitrogens with zero attached hydrogens (tertiary/aromatic N) is 1. The maximum absolute atomic E-state index is 12.1. The Morgan fingerprint density at radius 1 is 1.38 bits per heavy atom. The molecule has 1 atom stereocenters. The second kappa shape index (κ2) is 6.51. The van der Waals surface area contributed by atoms with E-state index in [9.17, 15) is 9.59 Å². The highest BCUT2D eigenvalue weighted by Crippen LogP contribution is 2.29. The van der Waals surface area contributed by atoms with Crippen LogP contribution in [0.15, 0.2) is 12.1 Å². The predicted octanol–water partition coefficient (Wildman–Crippen LogP) is 2.62. The fourth-order valence-corrected chi connectivity index (χ4v) is 2.35. The summed E-state index contributed by atoms with van der Waals surface area (Å²) in [6.45, 7) is 2.28. The summed E-state index contributed by atoms with van der Waals surface area (Å²) in [7, 11) is 0. The third-order valence-corrected chi connectivity index (χ3v) is 3.84. The lowest BCUT2D eigenvalue weighted by Crippen LogP contribution is -2.49. The predicted molar refractivity (Wildman–Crippen MR) is 79.2 cm³/mol. The van der Waals surface area contributed by atoms with E-state index in [4.69, 9.17) is 33.0 Å². The third kappa shape index (κ3) is 3.78. The molecule has 1 aromatic carbocycles. The lowest BCUT2D eigenvalue weighted by molar-refractivity contribution is -0.154. The Kier molecular flexibility index (Phi) is 4.92. The van der Waals surface area contributed by atoms with Crippen molar-refractivity contribution in [2.45, 2.75) is 13.0 Å². The van der Waals surface area contributed by atoms with Gasteiger partial charge in [0.2, 0.25) is 0 Å². The van der Waals surface area contributed by atoms with Crippen molar-refractivity contribution >= 4 is 40.9 Å². The lowest BCUT2D eigenvalue weighted by atomic mass is 10.2. The summed E-state index contributed by atoms with van der Waals surface area (Å²) in [6.07, 6.45) is -1.01. The monoisotopic (exact) mass is 332 g/mol. The van der Waals surface area contributed by atoms with Crippen LogP contribution >= 0.6 is 23.2 Å². The molecule has 0 bridgehead atoms. The minimum atomic E-state index is -1.09. The highest BCUT2D eigenvalue weighted by atomic mass is 35.5. The zero-order valence-electron chi connectivity index (χ0n) is 11.2. The molecule has 2 amide bonds. The van der Waals surface area contributed by atoms with E-state index in [2.05, 4.69) is 5.32 Å². The number of halogens is 2. The molecule has 2 rings (SSSR count). The topological polar surface area (TPSA) is 78.9 Å². The van der Waals surface area contributed by atoms with Gasteiger partial charge in [-0.15, -0.1) is 0 Å². The van der Waals surface area contributed by atoms with Gasteiger partial charge in [-0.3, -0.25) is 0 Å². The van der Waals surface area contributed by atoms with E-state index in [1.807, 2.05) is 0 Å². The normalized spacial score (nSPS) is 18.4. The van der Waals surface area contributed by atoms with Gasteiger partial charge in [0.25, 0.3) is 0 Å². The smallest absolute Gasteiger partial charge is 0.334 e. The molecule has 1 aromatic rings. The first-order chi connectivity index (χ1) is 9.88. The van der Waals surface area contributed by atoms with Gasteiger partial charge < -0.3 is 20.1 Å². The van der Waals surface area contributed by atoms with E-state index in [0.29, 0.717) is 22.3 Å². The minimum Gasteiger partial charge on any atom is -0.479 e. The van der Waals surface area contributed by atoms with Crippen LogP contribution in [0.25, 0.3) is 0 Å². The first-order valence-electron chi connectivity index (χ1n) is 6.24. The summed E-state index contributed by atoms with van der Waals surface area (Å²) in [6, 6.07) is 2.77. The number of ether oxygens (including phenoxy) is 1. The summed E-state index contributed by atoms with van der Waals surface area (Å²) < 4.78 is 5.06. The minimum absolute atomic E-state index is 0.0155. The van der Waals surface area contributed by atoms with Gasteiger partial charge in [0, 0.05) is 11.6 Å². The number of carbonyl (C=O) groups is 2. The van der Waals surface area contributed by atoms with E-state index >= 15 is 0 Å². The second-order valence-corrected chi connectivity index (χ2v) is 5.47. The second-order valence-electron chi connectivity index (χ2n) is 4.66. The van der Waals surface area contributed by atoms with Gasteiger partial charge in [-0.05, 0) is 24.6 Å². The van der Waals surface area contributed by atoms with E-state index in [0.717, 1.165) is 5.56 Å². The van der Waals surface area contributed by atoms with Gasteiger partial charge in [-0.25, -0.2) is 9.59 Å². The Labute approximate surface area is 131 Å². The number of carboxylic acids is 1. The molecule has 0 radical (unpaired) electrons. The van der Waals surface area contributed by atoms with Gasteiger partial charge in [0.15, 0.2) is 6.10 Å². The number of hydrogen-bond acceptors (Lipinski definition) is 3. The number of aryl methyl sites for hydroxylation is 1. The molecule has 1 saturated heterocycles. The zero-order chi connectivity index (χ0) is 15.6. The first kappa shape index (κ1) is 15.9. The molecule has 1 aliphatic heterocycles. The number of aliphatic carboxylic acids is 1. The van der Waals surface area contributed by atoms with Gasteiger partial charge in [0.1, 0.15) is 0 Å². The molecule has 0 aromatic heterocycles.